The van der Waals surface area contributed by atoms with Crippen molar-refractivity contribution < 1.29 is 8.78 Å². The molecule has 1 heterocycles. The SMILES string of the molecule is CNCc1cc(-c2ccc(SC(F)F)cc2)cs1. The summed E-state index contributed by atoms with van der Waals surface area (Å²) in [5.74, 6) is -2.36. The van der Waals surface area contributed by atoms with Crippen molar-refractivity contribution in [3.8, 4) is 11.1 Å². The Hall–Kier alpha value is -0.910. The van der Waals surface area contributed by atoms with Crippen LogP contribution in [0.25, 0.3) is 11.1 Å². The molecule has 96 valence electrons. The van der Waals surface area contributed by atoms with Crippen molar-refractivity contribution in [2.24, 2.45) is 0 Å². The predicted octanol–water partition coefficient (Wildman–Crippen LogP) is 4.45. The molecule has 1 aromatic carbocycles. The molecule has 0 radical (unpaired) electrons. The van der Waals surface area contributed by atoms with Gasteiger partial charge in [0.1, 0.15) is 0 Å². The number of alkyl halides is 2. The van der Waals surface area contributed by atoms with Gasteiger partial charge in [0.25, 0.3) is 5.76 Å². The second-order valence-corrected chi connectivity index (χ2v) is 5.79. The van der Waals surface area contributed by atoms with Gasteiger partial charge in [-0.1, -0.05) is 23.9 Å². The van der Waals surface area contributed by atoms with Crippen molar-refractivity contribution in [2.45, 2.75) is 17.2 Å². The second-order valence-electron chi connectivity index (χ2n) is 3.73. The third-order valence-corrected chi connectivity index (χ3v) is 4.08. The molecule has 0 saturated heterocycles. The van der Waals surface area contributed by atoms with Crippen LogP contribution in [-0.2, 0) is 6.54 Å². The first-order valence-corrected chi connectivity index (χ1v) is 7.22. The van der Waals surface area contributed by atoms with Crippen LogP contribution in [0.5, 0.6) is 0 Å². The van der Waals surface area contributed by atoms with Crippen molar-refractivity contribution in [2.75, 3.05) is 7.05 Å². The number of hydrogen-bond donors (Lipinski definition) is 1. The Morgan fingerprint density at radius 1 is 1.22 bits per heavy atom. The van der Waals surface area contributed by atoms with Crippen LogP contribution in [-0.4, -0.2) is 12.8 Å². The fourth-order valence-corrected chi connectivity index (χ4v) is 3.03. The third-order valence-electron chi connectivity index (χ3n) is 2.42. The highest BCUT2D eigenvalue weighted by Gasteiger charge is 2.06. The molecule has 0 aliphatic carbocycles. The molecule has 0 aliphatic rings. The van der Waals surface area contributed by atoms with Crippen LogP contribution < -0.4 is 5.32 Å². The fourth-order valence-electron chi connectivity index (χ4n) is 1.63. The van der Waals surface area contributed by atoms with E-state index in [2.05, 4.69) is 16.8 Å². The number of thiophene rings is 1. The molecule has 1 aromatic heterocycles. The van der Waals surface area contributed by atoms with Crippen molar-refractivity contribution in [1.29, 1.82) is 0 Å². The van der Waals surface area contributed by atoms with Crippen LogP contribution in [0.15, 0.2) is 40.6 Å². The Balaban J connectivity index is 2.12. The molecule has 0 bridgehead atoms. The molecule has 0 unspecified atom stereocenters. The topological polar surface area (TPSA) is 12.0 Å². The maximum Gasteiger partial charge on any atom is 0.288 e. The zero-order chi connectivity index (χ0) is 13.0. The van der Waals surface area contributed by atoms with E-state index in [-0.39, 0.29) is 0 Å². The molecule has 5 heteroatoms. The van der Waals surface area contributed by atoms with E-state index in [1.165, 1.54) is 4.88 Å². The van der Waals surface area contributed by atoms with Crippen molar-refractivity contribution in [3.05, 3.63) is 40.6 Å². The standard InChI is InChI=1S/C13H13F2NS2/c1-16-7-12-6-10(8-17-12)9-2-4-11(5-3-9)18-13(14)15/h2-6,8,13,16H,7H2,1H3. The Morgan fingerprint density at radius 3 is 2.56 bits per heavy atom. The van der Waals surface area contributed by atoms with Gasteiger partial charge in [0.2, 0.25) is 0 Å². The number of halogens is 2. The summed E-state index contributed by atoms with van der Waals surface area (Å²) in [7, 11) is 1.91. The number of nitrogens with one attached hydrogen (secondary N) is 1. The molecular formula is C13H13F2NS2. The van der Waals surface area contributed by atoms with E-state index < -0.39 is 5.76 Å². The Kier molecular flexibility index (Phi) is 4.74. The molecule has 0 aliphatic heterocycles. The smallest absolute Gasteiger partial charge is 0.288 e. The Labute approximate surface area is 113 Å². The summed E-state index contributed by atoms with van der Waals surface area (Å²) in [6, 6.07) is 9.37. The lowest BCUT2D eigenvalue weighted by Gasteiger charge is -2.02. The van der Waals surface area contributed by atoms with Gasteiger partial charge in [0.15, 0.2) is 0 Å². The summed E-state index contributed by atoms with van der Waals surface area (Å²) in [5.41, 5.74) is 2.20. The van der Waals surface area contributed by atoms with Crippen LogP contribution in [0.2, 0.25) is 0 Å². The minimum absolute atomic E-state index is 0.575. The molecular weight excluding hydrogens is 272 g/mol. The van der Waals surface area contributed by atoms with Gasteiger partial charge in [-0.3, -0.25) is 0 Å². The van der Waals surface area contributed by atoms with E-state index in [4.69, 9.17) is 0 Å². The number of rotatable bonds is 5. The van der Waals surface area contributed by atoms with Crippen molar-refractivity contribution >= 4 is 23.1 Å². The molecule has 2 aromatic rings. The van der Waals surface area contributed by atoms with Gasteiger partial charge >= 0.3 is 0 Å². The van der Waals surface area contributed by atoms with Gasteiger partial charge in [-0.25, -0.2) is 0 Å². The van der Waals surface area contributed by atoms with Gasteiger partial charge in [-0.2, -0.15) is 8.78 Å². The van der Waals surface area contributed by atoms with Gasteiger partial charge in [-0.15, -0.1) is 11.3 Å². The van der Waals surface area contributed by atoms with E-state index in [9.17, 15) is 8.78 Å². The van der Waals surface area contributed by atoms with E-state index in [1.807, 2.05) is 19.2 Å². The summed E-state index contributed by atoms with van der Waals surface area (Å²) in [4.78, 5) is 1.86. The average molecular weight is 285 g/mol. The summed E-state index contributed by atoms with van der Waals surface area (Å²) >= 11 is 2.27. The maximum atomic E-state index is 12.2. The predicted molar refractivity (Wildman–Crippen MR) is 74.4 cm³/mol. The lowest BCUT2D eigenvalue weighted by Crippen LogP contribution is -2.02. The maximum absolute atomic E-state index is 12.2. The van der Waals surface area contributed by atoms with Crippen LogP contribution in [0.1, 0.15) is 4.88 Å². The van der Waals surface area contributed by atoms with E-state index >= 15 is 0 Å². The van der Waals surface area contributed by atoms with Crippen LogP contribution >= 0.6 is 23.1 Å². The van der Waals surface area contributed by atoms with Crippen LogP contribution in [0, 0.1) is 0 Å². The quantitative estimate of drug-likeness (QED) is 0.815. The highest BCUT2D eigenvalue weighted by Crippen LogP contribution is 2.30. The van der Waals surface area contributed by atoms with E-state index in [0.717, 1.165) is 17.7 Å². The Bertz CT molecular complexity index is 494. The van der Waals surface area contributed by atoms with Gasteiger partial charge in [-0.05, 0) is 41.8 Å². The first-order valence-electron chi connectivity index (χ1n) is 5.46. The summed E-state index contributed by atoms with van der Waals surface area (Å²) < 4.78 is 24.4. The third kappa shape index (κ3) is 3.54. The fraction of sp³-hybridized carbons (Fsp3) is 0.231. The van der Waals surface area contributed by atoms with Gasteiger partial charge in [0, 0.05) is 16.3 Å². The monoisotopic (exact) mass is 285 g/mol. The van der Waals surface area contributed by atoms with Crippen LogP contribution in [0.3, 0.4) is 0 Å². The van der Waals surface area contributed by atoms with E-state index in [1.54, 1.807) is 23.5 Å². The van der Waals surface area contributed by atoms with Gasteiger partial charge in [0.05, 0.1) is 0 Å². The van der Waals surface area contributed by atoms with Crippen molar-refractivity contribution in [1.82, 2.24) is 5.32 Å². The van der Waals surface area contributed by atoms with Crippen LogP contribution in [0.4, 0.5) is 8.78 Å². The molecule has 0 fully saturated rings. The molecule has 0 saturated carbocycles. The highest BCUT2D eigenvalue weighted by molar-refractivity contribution is 7.99. The minimum Gasteiger partial charge on any atom is -0.315 e. The molecule has 2 rings (SSSR count). The second kappa shape index (κ2) is 6.31. The van der Waals surface area contributed by atoms with E-state index in [0.29, 0.717) is 16.7 Å². The molecule has 1 nitrogen and oxygen atoms in total. The summed E-state index contributed by atoms with van der Waals surface area (Å²) in [6.45, 7) is 0.851. The molecule has 18 heavy (non-hydrogen) atoms. The summed E-state index contributed by atoms with van der Waals surface area (Å²) in [6.07, 6.45) is 0. The number of hydrogen-bond acceptors (Lipinski definition) is 3. The number of thioether (sulfide) groups is 1. The highest BCUT2D eigenvalue weighted by atomic mass is 32.2. The van der Waals surface area contributed by atoms with Crippen molar-refractivity contribution in [3.63, 3.8) is 0 Å². The first kappa shape index (κ1) is 13.5. The summed E-state index contributed by atoms with van der Waals surface area (Å²) in [5, 5.41) is 5.19. The average Bonchev–Trinajstić information content (AvgIpc) is 2.78. The number of benzene rings is 1. The largest absolute Gasteiger partial charge is 0.315 e. The lowest BCUT2D eigenvalue weighted by atomic mass is 10.1. The lowest BCUT2D eigenvalue weighted by molar-refractivity contribution is 0.252. The normalized spacial score (nSPS) is 11.1. The molecule has 0 amide bonds. The zero-order valence-electron chi connectivity index (χ0n) is 9.82. The first-order chi connectivity index (χ1) is 8.69. The molecule has 0 spiro atoms. The molecule has 1 N–H and O–H groups in total. The zero-order valence-corrected chi connectivity index (χ0v) is 11.5. The minimum atomic E-state index is -2.36. The molecule has 0 atom stereocenters. The Morgan fingerprint density at radius 2 is 1.94 bits per heavy atom. The van der Waals surface area contributed by atoms with Gasteiger partial charge < -0.3 is 5.32 Å².